The lowest BCUT2D eigenvalue weighted by Crippen LogP contribution is -2.16. The molecule has 0 atom stereocenters. The van der Waals surface area contributed by atoms with E-state index in [1.54, 1.807) is 0 Å². The highest BCUT2D eigenvalue weighted by atomic mass is 19.3. The molecule has 11 heteroatoms. The highest BCUT2D eigenvalue weighted by molar-refractivity contribution is 5.30. The van der Waals surface area contributed by atoms with Crippen molar-refractivity contribution < 1.29 is 46.7 Å². The van der Waals surface area contributed by atoms with Gasteiger partial charge in [-0.1, -0.05) is 28.9 Å². The van der Waals surface area contributed by atoms with Gasteiger partial charge in [0.05, 0.1) is 0 Å². The fourth-order valence-electron chi connectivity index (χ4n) is 3.42. The minimum Gasteiger partial charge on any atom is -0.491 e. The largest absolute Gasteiger partial charge is 0.585 e. The number of alkyl halides is 2. The predicted molar refractivity (Wildman–Crippen MR) is 170 cm³/mol. The Kier molecular flexibility index (Phi) is 17.1. The summed E-state index contributed by atoms with van der Waals surface area (Å²) in [4.78, 5) is 0. The molecule has 1 N–H and O–H groups in total. The van der Waals surface area contributed by atoms with E-state index in [1.807, 2.05) is 41.5 Å². The molecule has 6 rings (SSSR count). The van der Waals surface area contributed by atoms with Crippen LogP contribution in [0, 0.1) is 0 Å². The van der Waals surface area contributed by atoms with Crippen molar-refractivity contribution in [3.8, 4) is 0 Å². The second kappa shape index (κ2) is 19.6. The van der Waals surface area contributed by atoms with Crippen molar-refractivity contribution in [2.75, 3.05) is 33.3 Å². The quantitative estimate of drug-likeness (QED) is 0.278. The van der Waals surface area contributed by atoms with E-state index < -0.39 is 6.29 Å². The summed E-state index contributed by atoms with van der Waals surface area (Å²) in [5.41, 5.74) is 5.85. The summed E-state index contributed by atoms with van der Waals surface area (Å²) in [7, 11) is 0. The lowest BCUT2D eigenvalue weighted by Gasteiger charge is -2.16. The highest BCUT2D eigenvalue weighted by Gasteiger charge is 2.41. The van der Waals surface area contributed by atoms with Gasteiger partial charge < -0.3 is 43.2 Å². The molecular formula is C34H53F2NO8. The van der Waals surface area contributed by atoms with Crippen LogP contribution in [-0.4, -0.2) is 39.6 Å². The minimum absolute atomic E-state index is 0.139. The van der Waals surface area contributed by atoms with E-state index in [2.05, 4.69) is 54.6 Å². The maximum Gasteiger partial charge on any atom is 0.585 e. The van der Waals surface area contributed by atoms with Crippen molar-refractivity contribution in [3.63, 3.8) is 0 Å². The molecule has 45 heavy (non-hydrogen) atoms. The molecule has 0 spiro atoms. The summed E-state index contributed by atoms with van der Waals surface area (Å²) in [6, 6.07) is 0. The molecule has 0 aromatic rings. The molecule has 0 unspecified atom stereocenters. The first-order valence-electron chi connectivity index (χ1n) is 15.0. The molecule has 9 nitrogen and oxygen atoms in total. The first kappa shape index (κ1) is 39.3. The van der Waals surface area contributed by atoms with Gasteiger partial charge in [0.2, 0.25) is 13.6 Å². The third-order valence-electron chi connectivity index (χ3n) is 7.34. The number of halogens is 2. The van der Waals surface area contributed by atoms with Crippen LogP contribution in [0.5, 0.6) is 0 Å². The summed E-state index contributed by atoms with van der Waals surface area (Å²) in [5.74, 6) is 5.72. The van der Waals surface area contributed by atoms with Gasteiger partial charge in [0.1, 0.15) is 59.3 Å². The topological polar surface area (TPSA) is 85.9 Å². The zero-order valence-electron chi connectivity index (χ0n) is 29.1. The fourth-order valence-corrected chi connectivity index (χ4v) is 3.42. The van der Waals surface area contributed by atoms with Crippen molar-refractivity contribution in [2.45, 2.75) is 102 Å². The summed E-state index contributed by atoms with van der Waals surface area (Å²) >= 11 is 0. The van der Waals surface area contributed by atoms with Crippen LogP contribution in [0.3, 0.4) is 0 Å². The van der Waals surface area contributed by atoms with Crippen LogP contribution in [0.4, 0.5) is 8.78 Å². The molecule has 6 aliphatic rings. The zero-order chi connectivity index (χ0) is 34.2. The van der Waals surface area contributed by atoms with E-state index in [0.717, 1.165) is 41.1 Å². The van der Waals surface area contributed by atoms with Crippen molar-refractivity contribution in [1.29, 1.82) is 0 Å². The van der Waals surface area contributed by atoms with E-state index in [0.29, 0.717) is 26.8 Å². The molecule has 0 fully saturated rings. The van der Waals surface area contributed by atoms with Crippen LogP contribution in [-0.2, 0) is 37.9 Å². The SMILES string of the molecule is CC1=C(C)CC=C1.CC1=C(C)NCC1.CC1=C(C)OC(F)(F)O1.CC1=C(C)OCCO1.CC1=C(C)OCO1.CC1=C(C)OCO1. The maximum atomic E-state index is 12.0. The molecule has 0 saturated heterocycles. The van der Waals surface area contributed by atoms with E-state index >= 15 is 0 Å². The Labute approximate surface area is 268 Å². The second-order valence-corrected chi connectivity index (χ2v) is 10.8. The van der Waals surface area contributed by atoms with E-state index in [1.165, 1.54) is 49.1 Å². The summed E-state index contributed by atoms with van der Waals surface area (Å²) in [6.45, 7) is 26.2. The van der Waals surface area contributed by atoms with Gasteiger partial charge in [0.15, 0.2) is 0 Å². The number of hydrogen-bond donors (Lipinski definition) is 1. The number of ether oxygens (including phenoxy) is 8. The number of hydrogen-bond acceptors (Lipinski definition) is 9. The third kappa shape index (κ3) is 15.7. The molecule has 0 saturated carbocycles. The Bertz CT molecular complexity index is 1080. The van der Waals surface area contributed by atoms with Gasteiger partial charge >= 0.3 is 6.29 Å². The molecule has 0 aromatic carbocycles. The van der Waals surface area contributed by atoms with Gasteiger partial charge in [-0.2, -0.15) is 0 Å². The average molecular weight is 642 g/mol. The van der Waals surface area contributed by atoms with E-state index in [4.69, 9.17) is 28.4 Å². The van der Waals surface area contributed by atoms with Gasteiger partial charge in [-0.05, 0) is 95.9 Å². The van der Waals surface area contributed by atoms with E-state index in [-0.39, 0.29) is 11.5 Å². The summed E-state index contributed by atoms with van der Waals surface area (Å²) in [5, 5.41) is 3.25. The monoisotopic (exact) mass is 641 g/mol. The number of allylic oxidation sites excluding steroid dienone is 13. The van der Waals surface area contributed by atoms with Crippen LogP contribution in [0.15, 0.2) is 80.6 Å². The first-order chi connectivity index (χ1) is 21.0. The normalized spacial score (nSPS) is 20.3. The molecule has 1 aliphatic carbocycles. The van der Waals surface area contributed by atoms with Crippen LogP contribution >= 0.6 is 0 Å². The Morgan fingerprint density at radius 1 is 0.556 bits per heavy atom. The Morgan fingerprint density at radius 2 is 0.956 bits per heavy atom. The molecule has 5 aliphatic heterocycles. The molecule has 5 heterocycles. The van der Waals surface area contributed by atoms with Gasteiger partial charge in [-0.3, -0.25) is 0 Å². The van der Waals surface area contributed by atoms with Crippen molar-refractivity contribution >= 4 is 0 Å². The Morgan fingerprint density at radius 3 is 1.09 bits per heavy atom. The summed E-state index contributed by atoms with van der Waals surface area (Å²) in [6.07, 6.45) is 3.35. The first-order valence-corrected chi connectivity index (χ1v) is 15.0. The van der Waals surface area contributed by atoms with Crippen LogP contribution in [0.2, 0.25) is 0 Å². The highest BCUT2D eigenvalue weighted by Crippen LogP contribution is 2.32. The Balaban J connectivity index is 0.000000271. The van der Waals surface area contributed by atoms with Gasteiger partial charge in [-0.15, -0.1) is 8.78 Å². The van der Waals surface area contributed by atoms with Crippen LogP contribution < -0.4 is 5.32 Å². The average Bonchev–Trinajstić information content (AvgIpc) is 3.79. The van der Waals surface area contributed by atoms with Crippen molar-refractivity contribution in [2.24, 2.45) is 0 Å². The standard InChI is InChI=1S/C7H10.C6H11N.C6H10O2.C5H6F2O2.2C5H8O2/c1-6-4-3-5-7(6)2;1-5-3-4-7-6(5)2;1-5-6(2)8-4-3-7-5;1-3-4(2)9-5(6,7)8-3;2*1-4-5(2)7-3-6-4/h3-4H,5H2,1-2H3;7H,3-4H2,1-2H3;3-4H2,1-2H3;1-2H3;2*3H2,1-2H3. The smallest absolute Gasteiger partial charge is 0.491 e. The fraction of sp³-hybridized carbons (Fsp3) is 0.588. The molecule has 0 bridgehead atoms. The minimum atomic E-state index is -3.44. The number of rotatable bonds is 0. The molecular weight excluding hydrogens is 588 g/mol. The van der Waals surface area contributed by atoms with Gasteiger partial charge in [-0.25, -0.2) is 0 Å². The van der Waals surface area contributed by atoms with Crippen molar-refractivity contribution in [1.82, 2.24) is 5.32 Å². The van der Waals surface area contributed by atoms with Gasteiger partial charge in [0, 0.05) is 12.2 Å². The zero-order valence-corrected chi connectivity index (χ0v) is 29.1. The van der Waals surface area contributed by atoms with Gasteiger partial charge in [0.25, 0.3) is 0 Å². The maximum absolute atomic E-state index is 12.0. The van der Waals surface area contributed by atoms with Crippen LogP contribution in [0.25, 0.3) is 0 Å². The molecule has 0 aromatic heterocycles. The molecule has 0 amide bonds. The Hall–Kier alpha value is -3.76. The van der Waals surface area contributed by atoms with Crippen LogP contribution in [0.1, 0.15) is 95.9 Å². The lowest BCUT2D eigenvalue weighted by molar-refractivity contribution is -0.337. The number of nitrogens with one attached hydrogen (secondary N) is 1. The predicted octanol–water partition coefficient (Wildman–Crippen LogP) is 9.16. The van der Waals surface area contributed by atoms with Crippen molar-refractivity contribution in [3.05, 3.63) is 80.6 Å². The second-order valence-electron chi connectivity index (χ2n) is 10.8. The molecule has 0 radical (unpaired) electrons. The molecule has 256 valence electrons. The lowest BCUT2D eigenvalue weighted by atomic mass is 10.2. The van der Waals surface area contributed by atoms with E-state index in [9.17, 15) is 8.78 Å². The summed E-state index contributed by atoms with van der Waals surface area (Å²) < 4.78 is 61.9. The third-order valence-corrected chi connectivity index (χ3v) is 7.34.